The molecule has 0 aromatic carbocycles. The summed E-state index contributed by atoms with van der Waals surface area (Å²) in [5.41, 5.74) is 0.782. The van der Waals surface area contributed by atoms with E-state index < -0.39 is 0 Å². The zero-order chi connectivity index (χ0) is 10.4. The van der Waals surface area contributed by atoms with Crippen LogP contribution < -0.4 is 5.32 Å². The van der Waals surface area contributed by atoms with Crippen LogP contribution in [0.2, 0.25) is 0 Å². The summed E-state index contributed by atoms with van der Waals surface area (Å²) in [6.45, 7) is 4.49. The predicted molar refractivity (Wildman–Crippen MR) is 53.3 cm³/mol. The van der Waals surface area contributed by atoms with Crippen molar-refractivity contribution in [2.75, 3.05) is 0 Å². The predicted octanol–water partition coefficient (Wildman–Crippen LogP) is 1.14. The van der Waals surface area contributed by atoms with Gasteiger partial charge in [-0.15, -0.1) is 0 Å². The Morgan fingerprint density at radius 1 is 1.57 bits per heavy atom. The Bertz CT molecular complexity index is 285. The summed E-state index contributed by atoms with van der Waals surface area (Å²) in [7, 11) is 0. The fraction of sp³-hybridized carbons (Fsp3) is 0.500. The Labute approximate surface area is 83.7 Å². The second-order valence-electron chi connectivity index (χ2n) is 3.59. The van der Waals surface area contributed by atoms with Crippen molar-refractivity contribution in [3.8, 4) is 0 Å². The molecule has 0 saturated carbocycles. The summed E-state index contributed by atoms with van der Waals surface area (Å²) in [6, 6.07) is 3.64. The topological polar surface area (TPSA) is 54.9 Å². The van der Waals surface area contributed by atoms with Gasteiger partial charge >= 0.3 is 0 Å². The number of hydrogen-bond acceptors (Lipinski definition) is 3. The molecule has 1 aromatic rings. The highest BCUT2D eigenvalue weighted by Gasteiger charge is 2.04. The van der Waals surface area contributed by atoms with Crippen molar-refractivity contribution in [2.24, 2.45) is 5.92 Å². The van der Waals surface area contributed by atoms with Gasteiger partial charge in [0.2, 0.25) is 5.91 Å². The van der Waals surface area contributed by atoms with E-state index >= 15 is 0 Å². The van der Waals surface area contributed by atoms with E-state index in [-0.39, 0.29) is 5.91 Å². The molecule has 1 rings (SSSR count). The lowest BCUT2D eigenvalue weighted by Crippen LogP contribution is -2.24. The maximum Gasteiger partial charge on any atom is 0.220 e. The number of aromatic nitrogens is 2. The minimum absolute atomic E-state index is 0.0608. The molecule has 0 aliphatic carbocycles. The first kappa shape index (κ1) is 10.6. The molecule has 76 valence electrons. The third-order valence-electron chi connectivity index (χ3n) is 1.69. The lowest BCUT2D eigenvalue weighted by molar-refractivity contribution is -0.121. The highest BCUT2D eigenvalue weighted by Crippen LogP contribution is 1.98. The number of carbonyl (C=O) groups excluding carboxylic acids is 1. The summed E-state index contributed by atoms with van der Waals surface area (Å²) in [4.78, 5) is 11.3. The third-order valence-corrected chi connectivity index (χ3v) is 1.69. The summed E-state index contributed by atoms with van der Waals surface area (Å²) in [5.74, 6) is 0.447. The molecule has 0 unspecified atom stereocenters. The van der Waals surface area contributed by atoms with Crippen LogP contribution in [0.5, 0.6) is 0 Å². The Balaban J connectivity index is 2.31. The molecule has 0 aliphatic rings. The van der Waals surface area contributed by atoms with Crippen LogP contribution in [-0.4, -0.2) is 16.1 Å². The molecular weight excluding hydrogens is 178 g/mol. The minimum Gasteiger partial charge on any atom is -0.350 e. The lowest BCUT2D eigenvalue weighted by atomic mass is 10.1. The van der Waals surface area contributed by atoms with Crippen LogP contribution in [0.1, 0.15) is 26.0 Å². The molecule has 1 amide bonds. The molecule has 4 heteroatoms. The number of nitrogens with zero attached hydrogens (tertiary/aromatic N) is 2. The fourth-order valence-corrected chi connectivity index (χ4v) is 1.06. The van der Waals surface area contributed by atoms with Gasteiger partial charge in [0.25, 0.3) is 0 Å². The standard InChI is InChI=1S/C10H15N3O/c1-8(2)6-10(14)11-7-9-4-3-5-12-13-9/h3-5,8H,6-7H2,1-2H3,(H,11,14). The van der Waals surface area contributed by atoms with Gasteiger partial charge in [-0.3, -0.25) is 4.79 Å². The maximum absolute atomic E-state index is 11.3. The van der Waals surface area contributed by atoms with Gasteiger partial charge in [0, 0.05) is 12.6 Å². The monoisotopic (exact) mass is 193 g/mol. The van der Waals surface area contributed by atoms with Gasteiger partial charge in [-0.25, -0.2) is 0 Å². The van der Waals surface area contributed by atoms with E-state index in [0.29, 0.717) is 18.9 Å². The van der Waals surface area contributed by atoms with E-state index in [2.05, 4.69) is 15.5 Å². The number of nitrogens with one attached hydrogen (secondary N) is 1. The van der Waals surface area contributed by atoms with Gasteiger partial charge in [-0.2, -0.15) is 10.2 Å². The van der Waals surface area contributed by atoms with Crippen LogP contribution in [0.4, 0.5) is 0 Å². The smallest absolute Gasteiger partial charge is 0.220 e. The molecule has 0 aliphatic heterocycles. The van der Waals surface area contributed by atoms with Crippen LogP contribution in [0.3, 0.4) is 0 Å². The molecule has 14 heavy (non-hydrogen) atoms. The van der Waals surface area contributed by atoms with Crippen molar-refractivity contribution in [1.29, 1.82) is 0 Å². The zero-order valence-electron chi connectivity index (χ0n) is 8.53. The van der Waals surface area contributed by atoms with Crippen molar-refractivity contribution in [2.45, 2.75) is 26.8 Å². The van der Waals surface area contributed by atoms with Crippen LogP contribution in [0, 0.1) is 5.92 Å². The van der Waals surface area contributed by atoms with E-state index in [1.807, 2.05) is 19.9 Å². The molecule has 0 atom stereocenters. The fourth-order valence-electron chi connectivity index (χ4n) is 1.06. The van der Waals surface area contributed by atoms with Crippen molar-refractivity contribution in [3.05, 3.63) is 24.0 Å². The van der Waals surface area contributed by atoms with Gasteiger partial charge < -0.3 is 5.32 Å². The summed E-state index contributed by atoms with van der Waals surface area (Å²) < 4.78 is 0. The first-order valence-corrected chi connectivity index (χ1v) is 4.71. The number of rotatable bonds is 4. The minimum atomic E-state index is 0.0608. The summed E-state index contributed by atoms with van der Waals surface area (Å²) >= 11 is 0. The molecule has 0 spiro atoms. The van der Waals surface area contributed by atoms with Crippen LogP contribution >= 0.6 is 0 Å². The molecule has 1 aromatic heterocycles. The average molecular weight is 193 g/mol. The summed E-state index contributed by atoms with van der Waals surface area (Å²) in [5, 5.41) is 10.4. The van der Waals surface area contributed by atoms with Crippen molar-refractivity contribution >= 4 is 5.91 Å². The van der Waals surface area contributed by atoms with Gasteiger partial charge in [0.1, 0.15) is 0 Å². The lowest BCUT2D eigenvalue weighted by Gasteiger charge is -2.05. The van der Waals surface area contributed by atoms with Crippen molar-refractivity contribution < 1.29 is 4.79 Å². The molecule has 4 nitrogen and oxygen atoms in total. The molecule has 0 bridgehead atoms. The molecule has 0 fully saturated rings. The Morgan fingerprint density at radius 2 is 2.36 bits per heavy atom. The highest BCUT2D eigenvalue weighted by atomic mass is 16.1. The van der Waals surface area contributed by atoms with Crippen LogP contribution in [0.25, 0.3) is 0 Å². The molecule has 1 heterocycles. The van der Waals surface area contributed by atoms with E-state index in [1.165, 1.54) is 0 Å². The SMILES string of the molecule is CC(C)CC(=O)NCc1cccnn1. The Hall–Kier alpha value is -1.45. The first-order chi connectivity index (χ1) is 6.68. The van der Waals surface area contributed by atoms with E-state index in [1.54, 1.807) is 12.3 Å². The van der Waals surface area contributed by atoms with Crippen LogP contribution in [-0.2, 0) is 11.3 Å². The molecule has 1 N–H and O–H groups in total. The normalized spacial score (nSPS) is 10.2. The zero-order valence-corrected chi connectivity index (χ0v) is 8.53. The second-order valence-corrected chi connectivity index (χ2v) is 3.59. The van der Waals surface area contributed by atoms with Gasteiger partial charge in [-0.05, 0) is 18.1 Å². The van der Waals surface area contributed by atoms with E-state index in [0.717, 1.165) is 5.69 Å². The molecule has 0 radical (unpaired) electrons. The first-order valence-electron chi connectivity index (χ1n) is 4.71. The Morgan fingerprint density at radius 3 is 2.93 bits per heavy atom. The van der Waals surface area contributed by atoms with E-state index in [4.69, 9.17) is 0 Å². The van der Waals surface area contributed by atoms with E-state index in [9.17, 15) is 4.79 Å². The van der Waals surface area contributed by atoms with Gasteiger partial charge in [0.05, 0.1) is 12.2 Å². The molecule has 0 saturated heterocycles. The quantitative estimate of drug-likeness (QED) is 0.780. The number of carbonyl (C=O) groups is 1. The second kappa shape index (κ2) is 5.32. The Kier molecular flexibility index (Phi) is 4.04. The molecular formula is C10H15N3O. The van der Waals surface area contributed by atoms with Gasteiger partial charge in [0.15, 0.2) is 0 Å². The highest BCUT2D eigenvalue weighted by molar-refractivity contribution is 5.75. The summed E-state index contributed by atoms with van der Waals surface area (Å²) in [6.07, 6.45) is 2.17. The van der Waals surface area contributed by atoms with Gasteiger partial charge in [-0.1, -0.05) is 13.8 Å². The number of hydrogen-bond donors (Lipinski definition) is 1. The van der Waals surface area contributed by atoms with Crippen molar-refractivity contribution in [3.63, 3.8) is 0 Å². The largest absolute Gasteiger partial charge is 0.350 e. The van der Waals surface area contributed by atoms with Crippen LogP contribution in [0.15, 0.2) is 18.3 Å². The third kappa shape index (κ3) is 3.98. The maximum atomic E-state index is 11.3. The average Bonchev–Trinajstić information content (AvgIpc) is 2.15. The number of amides is 1. The van der Waals surface area contributed by atoms with Crippen molar-refractivity contribution in [1.82, 2.24) is 15.5 Å².